The molecule has 0 rings (SSSR count). The van der Waals surface area contributed by atoms with Crippen molar-refractivity contribution >= 4 is 6.03 Å². The molecule has 0 fully saturated rings. The number of carbonyl (C=O) groups excluding carboxylic acids is 1. The summed E-state index contributed by atoms with van der Waals surface area (Å²) in [6.45, 7) is 2.40. The van der Waals surface area contributed by atoms with Gasteiger partial charge in [-0.05, 0) is 6.42 Å². The van der Waals surface area contributed by atoms with E-state index in [1.54, 1.807) is 0 Å². The Morgan fingerprint density at radius 2 is 2.00 bits per heavy atom. The van der Waals surface area contributed by atoms with Crippen LogP contribution in [0.3, 0.4) is 0 Å². The second-order valence-corrected chi connectivity index (χ2v) is 1.99. The fourth-order valence-corrected chi connectivity index (χ4v) is 0.584. The zero-order chi connectivity index (χ0) is 8.15. The first kappa shape index (κ1) is 9.19. The maximum Gasteiger partial charge on any atom is 0.368 e. The first-order valence-corrected chi connectivity index (χ1v) is 3.02. The Hall–Kier alpha value is -0.810. The highest BCUT2D eigenvalue weighted by atomic mass is 16.8. The van der Waals surface area contributed by atoms with E-state index in [9.17, 15) is 4.79 Å². The first-order chi connectivity index (χ1) is 4.59. The molecule has 2 amide bonds. The van der Waals surface area contributed by atoms with E-state index in [4.69, 9.17) is 10.4 Å². The van der Waals surface area contributed by atoms with E-state index in [1.165, 1.54) is 11.9 Å². The Bertz CT molecular complexity index is 115. The summed E-state index contributed by atoms with van der Waals surface area (Å²) in [6, 6.07) is -0.818. The lowest BCUT2D eigenvalue weighted by atomic mass is 10.4. The van der Waals surface area contributed by atoms with Crippen LogP contribution in [-0.2, 0) is 0 Å². The molecule has 10 heavy (non-hydrogen) atoms. The number of urea groups is 1. The van der Waals surface area contributed by atoms with Gasteiger partial charge in [-0.2, -0.15) is 0 Å². The molecule has 0 bridgehead atoms. The molecular weight excluding hydrogens is 136 g/mol. The van der Waals surface area contributed by atoms with Crippen LogP contribution in [-0.4, -0.2) is 40.2 Å². The van der Waals surface area contributed by atoms with Crippen LogP contribution in [0, 0.1) is 0 Å². The molecule has 0 aromatic rings. The van der Waals surface area contributed by atoms with E-state index >= 15 is 0 Å². The second kappa shape index (κ2) is 4.08. The van der Waals surface area contributed by atoms with Crippen LogP contribution in [0.25, 0.3) is 0 Å². The second-order valence-electron chi connectivity index (χ2n) is 1.99. The maximum absolute atomic E-state index is 10.6. The zero-order valence-corrected chi connectivity index (χ0v) is 6.11. The lowest BCUT2D eigenvalue weighted by Crippen LogP contribution is -2.37. The van der Waals surface area contributed by atoms with Gasteiger partial charge in [-0.3, -0.25) is 10.4 Å². The third-order valence-corrected chi connectivity index (χ3v) is 1.06. The Morgan fingerprint density at radius 1 is 1.50 bits per heavy atom. The van der Waals surface area contributed by atoms with Crippen molar-refractivity contribution < 1.29 is 15.2 Å². The monoisotopic (exact) mass is 148 g/mol. The number of hydrogen-bond donors (Lipinski definition) is 2. The average Bonchev–Trinajstić information content (AvgIpc) is 1.87. The average molecular weight is 148 g/mol. The third-order valence-electron chi connectivity index (χ3n) is 1.06. The van der Waals surface area contributed by atoms with Crippen molar-refractivity contribution in [1.82, 2.24) is 10.1 Å². The minimum absolute atomic E-state index is 0.421. The number of hydroxylamine groups is 2. The number of carbonyl (C=O) groups is 1. The van der Waals surface area contributed by atoms with Crippen LogP contribution in [0.2, 0.25) is 0 Å². The lowest BCUT2D eigenvalue weighted by molar-refractivity contribution is -0.263. The van der Waals surface area contributed by atoms with E-state index in [0.717, 1.165) is 6.42 Å². The smallest absolute Gasteiger partial charge is 0.324 e. The Labute approximate surface area is 59.4 Å². The van der Waals surface area contributed by atoms with E-state index in [2.05, 4.69) is 0 Å². The lowest BCUT2D eigenvalue weighted by Gasteiger charge is -2.17. The summed E-state index contributed by atoms with van der Waals surface area (Å²) in [7, 11) is 1.49. The predicted molar refractivity (Wildman–Crippen MR) is 33.7 cm³/mol. The van der Waals surface area contributed by atoms with Crippen LogP contribution >= 0.6 is 0 Å². The summed E-state index contributed by atoms with van der Waals surface area (Å²) in [4.78, 5) is 11.8. The van der Waals surface area contributed by atoms with Gasteiger partial charge in [0, 0.05) is 13.6 Å². The third kappa shape index (κ3) is 2.65. The normalized spacial score (nSPS) is 9.20. The number of hydrogen-bond acceptors (Lipinski definition) is 3. The molecule has 0 aliphatic carbocycles. The highest BCUT2D eigenvalue weighted by Crippen LogP contribution is 1.90. The topological polar surface area (TPSA) is 64.0 Å². The van der Waals surface area contributed by atoms with Gasteiger partial charge in [0.05, 0.1) is 0 Å². The molecule has 0 aliphatic heterocycles. The summed E-state index contributed by atoms with van der Waals surface area (Å²) in [6.07, 6.45) is 0.788. The fourth-order valence-electron chi connectivity index (χ4n) is 0.584. The molecule has 0 aromatic carbocycles. The molecule has 0 saturated carbocycles. The number of amides is 2. The Balaban J connectivity index is 3.71. The minimum Gasteiger partial charge on any atom is -0.324 e. The number of nitrogens with zero attached hydrogens (tertiary/aromatic N) is 2. The zero-order valence-electron chi connectivity index (χ0n) is 6.11. The molecule has 0 spiro atoms. The van der Waals surface area contributed by atoms with E-state index in [-0.39, 0.29) is 0 Å². The van der Waals surface area contributed by atoms with Gasteiger partial charge in [0.15, 0.2) is 0 Å². The van der Waals surface area contributed by atoms with Crippen molar-refractivity contribution in [2.24, 2.45) is 0 Å². The van der Waals surface area contributed by atoms with Crippen molar-refractivity contribution in [3.05, 3.63) is 0 Å². The predicted octanol–water partition coefficient (Wildman–Crippen LogP) is 0.529. The van der Waals surface area contributed by atoms with Crippen molar-refractivity contribution in [3.8, 4) is 0 Å². The molecule has 2 N–H and O–H groups in total. The molecule has 5 heteroatoms. The van der Waals surface area contributed by atoms with Gasteiger partial charge in [-0.25, -0.2) is 4.79 Å². The molecule has 60 valence electrons. The molecule has 0 saturated heterocycles. The highest BCUT2D eigenvalue weighted by Gasteiger charge is 2.11. The van der Waals surface area contributed by atoms with E-state index in [0.29, 0.717) is 6.54 Å². The quantitative estimate of drug-likeness (QED) is 0.443. The SMILES string of the molecule is CCCN(C)C(=O)N(O)O. The standard InChI is InChI=1S/C5H12N2O3/c1-3-4-6(2)5(8)7(9)10/h9-10H,3-4H2,1-2H3. The van der Waals surface area contributed by atoms with Crippen molar-refractivity contribution in [2.75, 3.05) is 13.6 Å². The summed E-state index contributed by atoms with van der Waals surface area (Å²) >= 11 is 0. The van der Waals surface area contributed by atoms with Crippen molar-refractivity contribution in [1.29, 1.82) is 0 Å². The van der Waals surface area contributed by atoms with Crippen LogP contribution in [0.4, 0.5) is 4.79 Å². The van der Waals surface area contributed by atoms with Crippen molar-refractivity contribution in [3.63, 3.8) is 0 Å². The summed E-state index contributed by atoms with van der Waals surface area (Å²) in [5.41, 5.74) is 0. The highest BCUT2D eigenvalue weighted by molar-refractivity contribution is 5.71. The fraction of sp³-hybridized carbons (Fsp3) is 0.800. The van der Waals surface area contributed by atoms with Gasteiger partial charge in [0.25, 0.3) is 0 Å². The molecule has 0 unspecified atom stereocenters. The largest absolute Gasteiger partial charge is 0.368 e. The number of rotatable bonds is 2. The van der Waals surface area contributed by atoms with Gasteiger partial charge in [0.2, 0.25) is 0 Å². The van der Waals surface area contributed by atoms with Gasteiger partial charge in [-0.1, -0.05) is 12.2 Å². The van der Waals surface area contributed by atoms with Gasteiger partial charge >= 0.3 is 6.03 Å². The van der Waals surface area contributed by atoms with Gasteiger partial charge in [-0.15, -0.1) is 0 Å². The minimum atomic E-state index is -0.818. The van der Waals surface area contributed by atoms with Crippen molar-refractivity contribution in [2.45, 2.75) is 13.3 Å². The van der Waals surface area contributed by atoms with E-state index < -0.39 is 11.3 Å². The van der Waals surface area contributed by atoms with Crippen LogP contribution in [0.15, 0.2) is 0 Å². The van der Waals surface area contributed by atoms with E-state index in [1.807, 2.05) is 6.92 Å². The van der Waals surface area contributed by atoms with Gasteiger partial charge < -0.3 is 4.90 Å². The molecule has 0 aromatic heterocycles. The molecule has 0 aliphatic rings. The Morgan fingerprint density at radius 3 is 2.30 bits per heavy atom. The van der Waals surface area contributed by atoms with Gasteiger partial charge in [0.1, 0.15) is 0 Å². The molecule has 0 radical (unpaired) electrons. The van der Waals surface area contributed by atoms with Crippen LogP contribution < -0.4 is 0 Å². The molecule has 5 nitrogen and oxygen atoms in total. The molecule has 0 atom stereocenters. The van der Waals surface area contributed by atoms with Crippen LogP contribution in [0.5, 0.6) is 0 Å². The van der Waals surface area contributed by atoms with Crippen LogP contribution in [0.1, 0.15) is 13.3 Å². The summed E-state index contributed by atoms with van der Waals surface area (Å²) in [5, 5.41) is 16.0. The summed E-state index contributed by atoms with van der Waals surface area (Å²) < 4.78 is 0. The first-order valence-electron chi connectivity index (χ1n) is 3.02. The maximum atomic E-state index is 10.6. The molecular formula is C5H12N2O3. The Kier molecular flexibility index (Phi) is 3.75. The molecule has 0 heterocycles. The summed E-state index contributed by atoms with van der Waals surface area (Å²) in [5.74, 6) is 0.